The van der Waals surface area contributed by atoms with Crippen LogP contribution in [0.25, 0.3) is 0 Å². The second-order valence-electron chi connectivity index (χ2n) is 6.86. The van der Waals surface area contributed by atoms with Crippen molar-refractivity contribution in [3.8, 4) is 5.75 Å². The third-order valence-electron chi connectivity index (χ3n) is 4.73. The number of carboxylic acids is 1. The van der Waals surface area contributed by atoms with Gasteiger partial charge in [-0.2, -0.15) is 0 Å². The molecule has 1 aromatic carbocycles. The number of nitrogens with one attached hydrogen (secondary N) is 1. The Morgan fingerprint density at radius 1 is 1.15 bits per heavy atom. The minimum atomic E-state index is -0.815. The molecule has 1 aromatic rings. The van der Waals surface area contributed by atoms with Gasteiger partial charge in [-0.1, -0.05) is 13.8 Å². The summed E-state index contributed by atoms with van der Waals surface area (Å²) in [6.07, 6.45) is 0.886. The number of carbonyl (C=O) groups excluding carboxylic acids is 2. The first-order valence-electron chi connectivity index (χ1n) is 8.80. The summed E-state index contributed by atoms with van der Waals surface area (Å²) in [4.78, 5) is 38.0. The molecule has 0 saturated carbocycles. The Kier molecular flexibility index (Phi) is 6.60. The average Bonchev–Trinajstić information content (AvgIpc) is 2.65. The van der Waals surface area contributed by atoms with Crippen LogP contribution in [0.3, 0.4) is 0 Å². The summed E-state index contributed by atoms with van der Waals surface area (Å²) in [5.74, 6) is -1.12. The number of carboxylic acid groups (broad SMARTS) is 1. The van der Waals surface area contributed by atoms with Gasteiger partial charge in [0.25, 0.3) is 5.91 Å². The van der Waals surface area contributed by atoms with Crippen molar-refractivity contribution in [2.45, 2.75) is 32.7 Å². The molecule has 0 aromatic heterocycles. The molecule has 1 saturated heterocycles. The number of aliphatic carboxylic acids is 1. The molecule has 7 heteroatoms. The van der Waals surface area contributed by atoms with E-state index in [0.717, 1.165) is 0 Å². The monoisotopic (exact) mass is 362 g/mol. The second kappa shape index (κ2) is 8.69. The SMILES string of the molecule is COc1ccc(C(=O)NC(C(=O)N2CCC(C(=O)O)CC2)C(C)C)cc1. The second-order valence-corrected chi connectivity index (χ2v) is 6.86. The van der Waals surface area contributed by atoms with Crippen molar-refractivity contribution >= 4 is 17.8 Å². The first-order chi connectivity index (χ1) is 12.3. The molecule has 1 unspecified atom stereocenters. The van der Waals surface area contributed by atoms with E-state index in [-0.39, 0.29) is 17.7 Å². The molecule has 26 heavy (non-hydrogen) atoms. The van der Waals surface area contributed by atoms with Crippen LogP contribution >= 0.6 is 0 Å². The van der Waals surface area contributed by atoms with E-state index in [0.29, 0.717) is 37.2 Å². The van der Waals surface area contributed by atoms with Crippen LogP contribution in [0.2, 0.25) is 0 Å². The highest BCUT2D eigenvalue weighted by atomic mass is 16.5. The fourth-order valence-electron chi connectivity index (χ4n) is 3.02. The number of methoxy groups -OCH3 is 1. The predicted molar refractivity (Wildman–Crippen MR) is 96.0 cm³/mol. The summed E-state index contributed by atoms with van der Waals surface area (Å²) in [6.45, 7) is 4.55. The van der Waals surface area contributed by atoms with Gasteiger partial charge in [0.15, 0.2) is 0 Å². The van der Waals surface area contributed by atoms with Crippen LogP contribution in [0.1, 0.15) is 37.0 Å². The van der Waals surface area contributed by atoms with Crippen LogP contribution < -0.4 is 10.1 Å². The van der Waals surface area contributed by atoms with Crippen molar-refractivity contribution in [2.75, 3.05) is 20.2 Å². The van der Waals surface area contributed by atoms with Gasteiger partial charge in [-0.05, 0) is 43.0 Å². The van der Waals surface area contributed by atoms with Crippen molar-refractivity contribution in [1.29, 1.82) is 0 Å². The fourth-order valence-corrected chi connectivity index (χ4v) is 3.02. The first-order valence-corrected chi connectivity index (χ1v) is 8.80. The molecule has 2 amide bonds. The van der Waals surface area contributed by atoms with E-state index in [1.807, 2.05) is 13.8 Å². The molecule has 0 aliphatic carbocycles. The van der Waals surface area contributed by atoms with Gasteiger partial charge in [-0.15, -0.1) is 0 Å². The van der Waals surface area contributed by atoms with Gasteiger partial charge in [0.2, 0.25) is 5.91 Å². The number of piperidine rings is 1. The van der Waals surface area contributed by atoms with Gasteiger partial charge < -0.3 is 20.1 Å². The van der Waals surface area contributed by atoms with E-state index >= 15 is 0 Å². The van der Waals surface area contributed by atoms with Gasteiger partial charge >= 0.3 is 5.97 Å². The molecule has 1 atom stereocenters. The molecular weight excluding hydrogens is 336 g/mol. The van der Waals surface area contributed by atoms with Crippen LogP contribution in [0.15, 0.2) is 24.3 Å². The zero-order valence-corrected chi connectivity index (χ0v) is 15.4. The highest BCUT2D eigenvalue weighted by Crippen LogP contribution is 2.19. The van der Waals surface area contributed by atoms with E-state index in [4.69, 9.17) is 9.84 Å². The molecule has 0 radical (unpaired) electrons. The molecule has 2 rings (SSSR count). The minimum Gasteiger partial charge on any atom is -0.497 e. The Morgan fingerprint density at radius 3 is 2.19 bits per heavy atom. The highest BCUT2D eigenvalue weighted by molar-refractivity contribution is 5.97. The number of hydrogen-bond acceptors (Lipinski definition) is 4. The maximum atomic E-state index is 12.8. The molecule has 0 spiro atoms. The summed E-state index contributed by atoms with van der Waals surface area (Å²) in [7, 11) is 1.55. The molecule has 142 valence electrons. The minimum absolute atomic E-state index is 0.0816. The lowest BCUT2D eigenvalue weighted by molar-refractivity contribution is -0.146. The van der Waals surface area contributed by atoms with Crippen molar-refractivity contribution in [3.05, 3.63) is 29.8 Å². The Labute approximate surface area is 153 Å². The summed E-state index contributed by atoms with van der Waals surface area (Å²) in [5.41, 5.74) is 0.453. The van der Waals surface area contributed by atoms with E-state index < -0.39 is 17.9 Å². The zero-order valence-electron chi connectivity index (χ0n) is 15.4. The molecule has 1 aliphatic heterocycles. The number of hydrogen-bond donors (Lipinski definition) is 2. The Balaban J connectivity index is 2.02. The lowest BCUT2D eigenvalue weighted by Crippen LogP contribution is -2.53. The van der Waals surface area contributed by atoms with Crippen LogP contribution in [0.5, 0.6) is 5.75 Å². The van der Waals surface area contributed by atoms with E-state index in [9.17, 15) is 14.4 Å². The van der Waals surface area contributed by atoms with Crippen LogP contribution in [0.4, 0.5) is 0 Å². The quantitative estimate of drug-likeness (QED) is 0.804. The highest BCUT2D eigenvalue weighted by Gasteiger charge is 2.33. The van der Waals surface area contributed by atoms with Gasteiger partial charge in [0.1, 0.15) is 11.8 Å². The van der Waals surface area contributed by atoms with Gasteiger partial charge in [0.05, 0.1) is 13.0 Å². The smallest absolute Gasteiger partial charge is 0.306 e. The average molecular weight is 362 g/mol. The van der Waals surface area contributed by atoms with Crippen molar-refractivity contribution in [3.63, 3.8) is 0 Å². The largest absolute Gasteiger partial charge is 0.497 e. The number of rotatable bonds is 6. The maximum Gasteiger partial charge on any atom is 0.306 e. The third kappa shape index (κ3) is 4.74. The fraction of sp³-hybridized carbons (Fsp3) is 0.526. The molecule has 0 bridgehead atoms. The van der Waals surface area contributed by atoms with Gasteiger partial charge in [-0.25, -0.2) is 0 Å². The molecule has 1 fully saturated rings. The summed E-state index contributed by atoms with van der Waals surface area (Å²) >= 11 is 0. The number of ether oxygens (including phenoxy) is 1. The van der Waals surface area contributed by atoms with Crippen molar-refractivity contribution < 1.29 is 24.2 Å². The van der Waals surface area contributed by atoms with Crippen molar-refractivity contribution in [1.82, 2.24) is 10.2 Å². The molecule has 1 heterocycles. The standard InChI is InChI=1S/C19H26N2O5/c1-12(2)16(18(23)21-10-8-14(9-11-21)19(24)25)20-17(22)13-4-6-15(26-3)7-5-13/h4-7,12,14,16H,8-11H2,1-3H3,(H,20,22)(H,24,25). The van der Waals surface area contributed by atoms with E-state index in [1.54, 1.807) is 36.3 Å². The molecule has 1 aliphatic rings. The van der Waals surface area contributed by atoms with Crippen LogP contribution in [-0.2, 0) is 9.59 Å². The lowest BCUT2D eigenvalue weighted by Gasteiger charge is -2.34. The Hall–Kier alpha value is -2.57. The predicted octanol–water partition coefficient (Wildman–Crippen LogP) is 1.77. The maximum absolute atomic E-state index is 12.8. The summed E-state index contributed by atoms with van der Waals surface area (Å²) < 4.78 is 5.08. The van der Waals surface area contributed by atoms with Gasteiger partial charge in [0, 0.05) is 18.7 Å². The number of carbonyl (C=O) groups is 3. The Bertz CT molecular complexity index is 648. The number of amides is 2. The summed E-state index contributed by atoms with van der Waals surface area (Å²) in [6, 6.07) is 6.03. The first kappa shape index (κ1) is 19.8. The Morgan fingerprint density at radius 2 is 1.73 bits per heavy atom. The van der Waals surface area contributed by atoms with Crippen molar-refractivity contribution in [2.24, 2.45) is 11.8 Å². The van der Waals surface area contributed by atoms with Gasteiger partial charge in [-0.3, -0.25) is 14.4 Å². The lowest BCUT2D eigenvalue weighted by atomic mass is 9.95. The normalized spacial score (nSPS) is 16.2. The van der Waals surface area contributed by atoms with Crippen LogP contribution in [0, 0.1) is 11.8 Å². The summed E-state index contributed by atoms with van der Waals surface area (Å²) in [5, 5.41) is 11.9. The zero-order chi connectivity index (χ0) is 19.3. The third-order valence-corrected chi connectivity index (χ3v) is 4.73. The van der Waals surface area contributed by atoms with Crippen LogP contribution in [-0.4, -0.2) is 54.0 Å². The molecule has 7 nitrogen and oxygen atoms in total. The van der Waals surface area contributed by atoms with E-state index in [1.165, 1.54) is 0 Å². The number of likely N-dealkylation sites (tertiary alicyclic amines) is 1. The topological polar surface area (TPSA) is 95.9 Å². The number of benzene rings is 1. The number of nitrogens with zero attached hydrogens (tertiary/aromatic N) is 1. The van der Waals surface area contributed by atoms with E-state index in [2.05, 4.69) is 5.32 Å². The molecular formula is C19H26N2O5. The molecule has 2 N–H and O–H groups in total.